The zero-order chi connectivity index (χ0) is 17.8. The van der Waals surface area contributed by atoms with Crippen molar-refractivity contribution in [2.45, 2.75) is 0 Å². The minimum absolute atomic E-state index is 0.0888. The Hall–Kier alpha value is -3.36. The molecule has 0 N–H and O–H groups in total. The largest absolute Gasteiger partial charge is 0.737 e. The van der Waals surface area contributed by atoms with Crippen LogP contribution in [0.25, 0.3) is 5.57 Å². The fourth-order valence-corrected chi connectivity index (χ4v) is 3.21. The summed E-state index contributed by atoms with van der Waals surface area (Å²) in [6, 6.07) is 7.07. The molecule has 0 saturated heterocycles. The third kappa shape index (κ3) is 2.09. The van der Waals surface area contributed by atoms with Crippen LogP contribution in [0.5, 0.6) is 0 Å². The van der Waals surface area contributed by atoms with Crippen molar-refractivity contribution in [2.75, 3.05) is 0 Å². The van der Waals surface area contributed by atoms with Gasteiger partial charge in [-0.1, -0.05) is 0 Å². The monoisotopic (exact) mass is 341 g/mol. The summed E-state index contributed by atoms with van der Waals surface area (Å²) >= 11 is 0. The Morgan fingerprint density at radius 1 is 1.24 bits per heavy atom. The number of allylic oxidation sites excluding steroid dienone is 2. The molecule has 0 aliphatic carbocycles. The quantitative estimate of drug-likeness (QED) is 0.373. The molecule has 0 unspecified atom stereocenters. The number of aromatic nitrogens is 1. The Labute approximate surface area is 140 Å². The molecule has 0 spiro atoms. The number of carbonyl (C=O) groups is 1. The number of hydrogen-bond donors (Lipinski definition) is 0. The van der Waals surface area contributed by atoms with Crippen molar-refractivity contribution in [3.05, 3.63) is 81.3 Å². The van der Waals surface area contributed by atoms with Crippen LogP contribution in [0.3, 0.4) is 0 Å². The van der Waals surface area contributed by atoms with Crippen LogP contribution >= 0.6 is 0 Å². The van der Waals surface area contributed by atoms with Crippen molar-refractivity contribution in [3.8, 4) is 0 Å². The van der Waals surface area contributed by atoms with Gasteiger partial charge in [-0.15, -0.1) is 0 Å². The third-order valence-electron chi connectivity index (χ3n) is 4.33. The SMILES string of the molecule is O=Cc1cc2n(c1)[B-](F)(F)[N+]1=CC=CC1=C2c1ccc([N+](=O)[O-])cc1. The average Bonchev–Trinajstić information content (AvgIpc) is 3.23. The topological polar surface area (TPSA) is 68.1 Å². The average molecular weight is 341 g/mol. The zero-order valence-corrected chi connectivity index (χ0v) is 12.7. The highest BCUT2D eigenvalue weighted by Gasteiger charge is 2.51. The Morgan fingerprint density at radius 3 is 2.60 bits per heavy atom. The molecular weight excluding hydrogens is 331 g/mol. The fraction of sp³-hybridized carbons (Fsp3) is 0. The summed E-state index contributed by atoms with van der Waals surface area (Å²) < 4.78 is 31.3. The Bertz CT molecular complexity index is 1020. The molecule has 9 heteroatoms. The summed E-state index contributed by atoms with van der Waals surface area (Å²) in [5.41, 5.74) is 1.58. The second-order valence-electron chi connectivity index (χ2n) is 5.75. The van der Waals surface area contributed by atoms with E-state index in [1.807, 2.05) is 0 Å². The molecule has 0 bridgehead atoms. The maximum absolute atomic E-state index is 14.8. The number of nitrogens with zero attached hydrogens (tertiary/aromatic N) is 3. The Kier molecular flexibility index (Phi) is 3.08. The number of rotatable bonds is 3. The second kappa shape index (κ2) is 5.07. The molecule has 1 aromatic heterocycles. The lowest BCUT2D eigenvalue weighted by Gasteiger charge is -2.30. The summed E-state index contributed by atoms with van der Waals surface area (Å²) in [4.78, 5) is 21.4. The summed E-state index contributed by atoms with van der Waals surface area (Å²) in [7, 11) is 0. The number of nitro benzene ring substituents is 1. The van der Waals surface area contributed by atoms with Gasteiger partial charge < -0.3 is 17.6 Å². The first-order chi connectivity index (χ1) is 11.9. The number of aldehydes is 1. The van der Waals surface area contributed by atoms with E-state index in [0.29, 0.717) is 23.1 Å². The summed E-state index contributed by atoms with van der Waals surface area (Å²) in [6.45, 7) is -4.11. The van der Waals surface area contributed by atoms with Crippen molar-refractivity contribution in [2.24, 2.45) is 0 Å². The molecule has 3 heterocycles. The number of benzene rings is 1. The molecule has 0 fully saturated rings. The molecule has 0 saturated carbocycles. The minimum atomic E-state index is -4.11. The molecule has 25 heavy (non-hydrogen) atoms. The smallest absolute Gasteiger partial charge is 0.395 e. The first-order valence-corrected chi connectivity index (χ1v) is 7.42. The van der Waals surface area contributed by atoms with E-state index in [0.717, 1.165) is 15.2 Å². The highest BCUT2D eigenvalue weighted by Crippen LogP contribution is 2.39. The van der Waals surface area contributed by atoms with Crippen LogP contribution < -0.4 is 0 Å². The van der Waals surface area contributed by atoms with Crippen LogP contribution in [-0.2, 0) is 0 Å². The maximum atomic E-state index is 14.8. The van der Waals surface area contributed by atoms with E-state index in [1.165, 1.54) is 42.6 Å². The van der Waals surface area contributed by atoms with Crippen molar-refractivity contribution >= 4 is 30.7 Å². The fourth-order valence-electron chi connectivity index (χ4n) is 3.21. The molecule has 2 aliphatic heterocycles. The van der Waals surface area contributed by atoms with Gasteiger partial charge in [-0.05, 0) is 30.0 Å². The van der Waals surface area contributed by atoms with Gasteiger partial charge in [0.1, 0.15) is 6.21 Å². The molecule has 0 atom stereocenters. The number of carbonyl (C=O) groups excluding carboxylic acids is 1. The van der Waals surface area contributed by atoms with Crippen LogP contribution in [0.1, 0.15) is 21.6 Å². The molecule has 2 aromatic rings. The highest BCUT2D eigenvalue weighted by molar-refractivity contribution is 6.57. The summed E-state index contributed by atoms with van der Waals surface area (Å²) in [6.07, 6.45) is 5.99. The van der Waals surface area contributed by atoms with Gasteiger partial charge in [0.15, 0.2) is 12.0 Å². The second-order valence-corrected chi connectivity index (χ2v) is 5.75. The molecule has 1 aromatic carbocycles. The van der Waals surface area contributed by atoms with Crippen molar-refractivity contribution in [1.82, 2.24) is 4.48 Å². The molecule has 6 nitrogen and oxygen atoms in total. The minimum Gasteiger partial charge on any atom is -0.395 e. The zero-order valence-electron chi connectivity index (χ0n) is 12.7. The van der Waals surface area contributed by atoms with Gasteiger partial charge in [0.25, 0.3) is 5.69 Å². The maximum Gasteiger partial charge on any atom is 0.737 e. The molecule has 124 valence electrons. The lowest BCUT2D eigenvalue weighted by Crippen LogP contribution is -2.49. The first kappa shape index (κ1) is 15.2. The number of fused-ring (bicyclic) bond motifs is 2. The van der Waals surface area contributed by atoms with E-state index in [9.17, 15) is 23.5 Å². The number of nitro groups is 1. The van der Waals surface area contributed by atoms with Crippen molar-refractivity contribution in [3.63, 3.8) is 0 Å². The molecule has 0 radical (unpaired) electrons. The van der Waals surface area contributed by atoms with Crippen LogP contribution in [0.15, 0.2) is 54.4 Å². The lowest BCUT2D eigenvalue weighted by molar-refractivity contribution is -0.384. The van der Waals surface area contributed by atoms with Crippen LogP contribution in [0, 0.1) is 10.1 Å². The predicted octanol–water partition coefficient (Wildman–Crippen LogP) is 2.86. The number of non-ortho nitro benzene ring substituents is 1. The molecule has 0 amide bonds. The Morgan fingerprint density at radius 2 is 1.96 bits per heavy atom. The van der Waals surface area contributed by atoms with E-state index in [4.69, 9.17) is 0 Å². The van der Waals surface area contributed by atoms with E-state index in [-0.39, 0.29) is 16.9 Å². The first-order valence-electron chi connectivity index (χ1n) is 7.42. The number of hydrogen-bond acceptors (Lipinski definition) is 3. The van der Waals surface area contributed by atoms with E-state index in [1.54, 1.807) is 6.08 Å². The predicted molar refractivity (Wildman–Crippen MR) is 87.8 cm³/mol. The van der Waals surface area contributed by atoms with Gasteiger partial charge >= 0.3 is 6.97 Å². The highest BCUT2D eigenvalue weighted by atomic mass is 19.2. The number of halogens is 2. The van der Waals surface area contributed by atoms with Crippen LogP contribution in [0.2, 0.25) is 0 Å². The summed E-state index contributed by atoms with van der Waals surface area (Å²) in [5, 5.41) is 10.8. The van der Waals surface area contributed by atoms with Crippen molar-refractivity contribution < 1.29 is 22.8 Å². The van der Waals surface area contributed by atoms with Gasteiger partial charge in [-0.25, -0.2) is 0 Å². The van der Waals surface area contributed by atoms with Gasteiger partial charge in [-0.2, -0.15) is 0 Å². The Balaban J connectivity index is 1.98. The van der Waals surface area contributed by atoms with E-state index < -0.39 is 11.9 Å². The van der Waals surface area contributed by atoms with E-state index >= 15 is 0 Å². The van der Waals surface area contributed by atoms with Crippen LogP contribution in [0.4, 0.5) is 14.3 Å². The molecular formula is C16H10BF2N3O3. The summed E-state index contributed by atoms with van der Waals surface area (Å²) in [5.74, 6) is 0. The van der Waals surface area contributed by atoms with Gasteiger partial charge in [0.05, 0.1) is 10.5 Å². The van der Waals surface area contributed by atoms with Crippen molar-refractivity contribution in [1.29, 1.82) is 0 Å². The standard InChI is InChI=1S/C16H10BF2N3O3/c18-17(19)20-7-1-2-14(20)16(15-8-11(10-23)9-21(15)17)12-3-5-13(6-4-12)22(24)25/h1-10H. The normalized spacial score (nSPS) is 17.1. The van der Waals surface area contributed by atoms with Gasteiger partial charge in [-0.3, -0.25) is 14.9 Å². The van der Waals surface area contributed by atoms with Crippen LogP contribution in [-0.4, -0.2) is 33.4 Å². The van der Waals surface area contributed by atoms with Gasteiger partial charge in [0.2, 0.25) is 0 Å². The molecule has 2 aliphatic rings. The lowest BCUT2D eigenvalue weighted by atomic mass is 9.86. The molecule has 4 rings (SSSR count). The van der Waals surface area contributed by atoms with E-state index in [2.05, 4.69) is 0 Å². The third-order valence-corrected chi connectivity index (χ3v) is 4.33. The van der Waals surface area contributed by atoms with Gasteiger partial charge in [0, 0.05) is 35.5 Å².